The lowest BCUT2D eigenvalue weighted by Gasteiger charge is -2.30. The number of carboxylic acids is 1. The van der Waals surface area contributed by atoms with Gasteiger partial charge in [0.05, 0.1) is 12.2 Å². The predicted molar refractivity (Wildman–Crippen MR) is 153 cm³/mol. The number of thiophene rings is 1. The van der Waals surface area contributed by atoms with Crippen LogP contribution in [0.1, 0.15) is 66.8 Å². The summed E-state index contributed by atoms with van der Waals surface area (Å²) in [6, 6.07) is 20.1. The molecule has 4 rings (SSSR count). The van der Waals surface area contributed by atoms with Crippen LogP contribution in [0.4, 0.5) is 5.69 Å². The highest BCUT2D eigenvalue weighted by molar-refractivity contribution is 14.1. The molecule has 1 amide bonds. The molecule has 4 nitrogen and oxygen atoms in total. The molecule has 184 valence electrons. The summed E-state index contributed by atoms with van der Waals surface area (Å²) in [5, 5.41) is 10.1. The SMILES string of the molecule is CC(C)(CI)c1ccc(CN(C(=O)C2CCCCC2)c2cc(-c3ccccc3)sc2C(=O)O)cc1. The van der Waals surface area contributed by atoms with Gasteiger partial charge in [-0.1, -0.05) is 110 Å². The summed E-state index contributed by atoms with van der Waals surface area (Å²) >= 11 is 3.65. The van der Waals surface area contributed by atoms with Gasteiger partial charge in [-0.2, -0.15) is 0 Å². The Balaban J connectivity index is 1.73. The summed E-state index contributed by atoms with van der Waals surface area (Å²) in [5.41, 5.74) is 3.81. The van der Waals surface area contributed by atoms with E-state index in [1.54, 1.807) is 4.90 Å². The fraction of sp³-hybridized carbons (Fsp3) is 0.379. The quantitative estimate of drug-likeness (QED) is 0.211. The number of hydrogen-bond acceptors (Lipinski definition) is 3. The Morgan fingerprint density at radius 1 is 1.03 bits per heavy atom. The van der Waals surface area contributed by atoms with Gasteiger partial charge in [-0.3, -0.25) is 4.79 Å². The van der Waals surface area contributed by atoms with Crippen LogP contribution < -0.4 is 4.90 Å². The number of aromatic carboxylic acids is 1. The second-order valence-electron chi connectivity index (χ2n) is 9.97. The molecule has 1 aliphatic rings. The van der Waals surface area contributed by atoms with Gasteiger partial charge < -0.3 is 10.0 Å². The first-order valence-corrected chi connectivity index (χ1v) is 14.5. The van der Waals surface area contributed by atoms with Crippen molar-refractivity contribution in [2.45, 2.75) is 57.9 Å². The van der Waals surface area contributed by atoms with Crippen LogP contribution in [0, 0.1) is 5.92 Å². The molecule has 0 unspecified atom stereocenters. The van der Waals surface area contributed by atoms with Crippen molar-refractivity contribution >= 4 is 51.5 Å². The molecular weight excluding hydrogens is 569 g/mol. The Morgan fingerprint density at radius 2 is 1.69 bits per heavy atom. The highest BCUT2D eigenvalue weighted by atomic mass is 127. The molecule has 0 saturated heterocycles. The van der Waals surface area contributed by atoms with Crippen LogP contribution in [-0.4, -0.2) is 21.4 Å². The lowest BCUT2D eigenvalue weighted by Crippen LogP contribution is -2.37. The van der Waals surface area contributed by atoms with Gasteiger partial charge in [0.2, 0.25) is 5.91 Å². The number of carbonyl (C=O) groups excluding carboxylic acids is 1. The minimum atomic E-state index is -0.993. The second-order valence-corrected chi connectivity index (χ2v) is 11.8. The van der Waals surface area contributed by atoms with Crippen LogP contribution >= 0.6 is 33.9 Å². The van der Waals surface area contributed by atoms with Crippen molar-refractivity contribution in [3.63, 3.8) is 0 Å². The van der Waals surface area contributed by atoms with Crippen LogP contribution in [0.15, 0.2) is 60.7 Å². The molecule has 0 bridgehead atoms. The molecule has 35 heavy (non-hydrogen) atoms. The van der Waals surface area contributed by atoms with Crippen molar-refractivity contribution in [2.75, 3.05) is 9.33 Å². The van der Waals surface area contributed by atoms with Crippen molar-refractivity contribution in [3.8, 4) is 10.4 Å². The third-order valence-electron chi connectivity index (χ3n) is 6.89. The molecule has 0 aliphatic heterocycles. The Morgan fingerprint density at radius 3 is 2.29 bits per heavy atom. The summed E-state index contributed by atoms with van der Waals surface area (Å²) in [4.78, 5) is 28.9. The van der Waals surface area contributed by atoms with Gasteiger partial charge in [0.25, 0.3) is 0 Å². The van der Waals surface area contributed by atoms with Gasteiger partial charge in [0.1, 0.15) is 4.88 Å². The lowest BCUT2D eigenvalue weighted by molar-refractivity contribution is -0.123. The molecule has 6 heteroatoms. The summed E-state index contributed by atoms with van der Waals surface area (Å²) in [5.74, 6) is -1.00. The van der Waals surface area contributed by atoms with E-state index in [2.05, 4.69) is 60.7 Å². The molecule has 1 saturated carbocycles. The first kappa shape index (κ1) is 25.9. The number of nitrogens with zero attached hydrogens (tertiary/aromatic N) is 1. The summed E-state index contributed by atoms with van der Waals surface area (Å²) in [7, 11) is 0. The van der Waals surface area contributed by atoms with Crippen molar-refractivity contribution in [3.05, 3.63) is 76.7 Å². The molecule has 0 spiro atoms. The maximum absolute atomic E-state index is 13.8. The minimum Gasteiger partial charge on any atom is -0.477 e. The molecule has 3 aromatic rings. The molecule has 1 aromatic heterocycles. The van der Waals surface area contributed by atoms with E-state index >= 15 is 0 Å². The maximum atomic E-state index is 13.8. The summed E-state index contributed by atoms with van der Waals surface area (Å²) in [6.07, 6.45) is 5.01. The minimum absolute atomic E-state index is 0.0429. The molecule has 0 radical (unpaired) electrons. The highest BCUT2D eigenvalue weighted by Gasteiger charge is 2.31. The number of carboxylic acid groups (broad SMARTS) is 1. The van der Waals surface area contributed by atoms with E-state index in [1.807, 2.05) is 36.4 Å². The Bertz CT molecular complexity index is 1160. The second kappa shape index (κ2) is 11.2. The number of alkyl halides is 1. The average Bonchev–Trinajstić information content (AvgIpc) is 3.34. The van der Waals surface area contributed by atoms with Gasteiger partial charge in [0, 0.05) is 15.2 Å². The van der Waals surface area contributed by atoms with E-state index < -0.39 is 5.97 Å². The number of amides is 1. The first-order valence-electron chi connectivity index (χ1n) is 12.2. The van der Waals surface area contributed by atoms with E-state index in [4.69, 9.17) is 0 Å². The Labute approximate surface area is 225 Å². The van der Waals surface area contributed by atoms with E-state index in [0.717, 1.165) is 52.5 Å². The van der Waals surface area contributed by atoms with Gasteiger partial charge in [-0.15, -0.1) is 11.3 Å². The van der Waals surface area contributed by atoms with Crippen molar-refractivity contribution in [1.29, 1.82) is 0 Å². The Kier molecular flexibility index (Phi) is 8.32. The van der Waals surface area contributed by atoms with Gasteiger partial charge >= 0.3 is 5.97 Å². The number of benzene rings is 2. The molecule has 1 heterocycles. The first-order chi connectivity index (χ1) is 16.8. The average molecular weight is 602 g/mol. The molecule has 1 aliphatic carbocycles. The fourth-order valence-electron chi connectivity index (χ4n) is 4.65. The normalized spacial score (nSPS) is 14.6. The summed E-state index contributed by atoms with van der Waals surface area (Å²) < 4.78 is 1.01. The molecule has 0 atom stereocenters. The van der Waals surface area contributed by atoms with Crippen LogP contribution in [0.5, 0.6) is 0 Å². The van der Waals surface area contributed by atoms with Crippen LogP contribution in [0.2, 0.25) is 0 Å². The zero-order chi connectivity index (χ0) is 25.0. The fourth-order valence-corrected chi connectivity index (χ4v) is 6.10. The molecule has 1 N–H and O–H groups in total. The van der Waals surface area contributed by atoms with E-state index in [9.17, 15) is 14.7 Å². The predicted octanol–water partition coefficient (Wildman–Crippen LogP) is 7.94. The molecular formula is C29H32INO3S. The monoisotopic (exact) mass is 601 g/mol. The third-order valence-corrected chi connectivity index (χ3v) is 9.95. The van der Waals surface area contributed by atoms with Gasteiger partial charge in [0.15, 0.2) is 0 Å². The van der Waals surface area contributed by atoms with Gasteiger partial charge in [-0.05, 0) is 41.0 Å². The highest BCUT2D eigenvalue weighted by Crippen LogP contribution is 2.39. The number of halogens is 1. The van der Waals surface area contributed by atoms with Gasteiger partial charge in [-0.25, -0.2) is 4.79 Å². The topological polar surface area (TPSA) is 57.6 Å². The molecule has 2 aromatic carbocycles. The number of carbonyl (C=O) groups is 2. The smallest absolute Gasteiger partial charge is 0.348 e. The largest absolute Gasteiger partial charge is 0.477 e. The number of anilines is 1. The van der Waals surface area contributed by atoms with E-state index in [1.165, 1.54) is 16.9 Å². The lowest BCUT2D eigenvalue weighted by atomic mass is 9.86. The van der Waals surface area contributed by atoms with Crippen molar-refractivity contribution in [2.24, 2.45) is 5.92 Å². The number of rotatable bonds is 8. The summed E-state index contributed by atoms with van der Waals surface area (Å²) in [6.45, 7) is 4.82. The zero-order valence-electron chi connectivity index (χ0n) is 20.3. The van der Waals surface area contributed by atoms with Crippen molar-refractivity contribution in [1.82, 2.24) is 0 Å². The van der Waals surface area contributed by atoms with E-state index in [0.29, 0.717) is 12.2 Å². The third kappa shape index (κ3) is 5.97. The van der Waals surface area contributed by atoms with Crippen LogP contribution in [-0.2, 0) is 16.8 Å². The Hall–Kier alpha value is -2.19. The van der Waals surface area contributed by atoms with Crippen molar-refractivity contribution < 1.29 is 14.7 Å². The number of hydrogen-bond donors (Lipinski definition) is 1. The van der Waals surface area contributed by atoms with Crippen LogP contribution in [0.25, 0.3) is 10.4 Å². The standard InChI is InChI=1S/C29H32INO3S/c1-29(2,19-30)23-15-13-20(14-16-23)18-31(27(32)22-11-7-4-8-12-22)24-17-25(35-26(24)28(33)34)21-9-5-3-6-10-21/h3,5-6,9-10,13-17,22H,4,7-8,11-12,18-19H2,1-2H3,(H,33,34). The van der Waals surface area contributed by atoms with E-state index in [-0.39, 0.29) is 22.1 Å². The zero-order valence-corrected chi connectivity index (χ0v) is 23.3. The molecule has 1 fully saturated rings. The maximum Gasteiger partial charge on any atom is 0.348 e. The van der Waals surface area contributed by atoms with Crippen LogP contribution in [0.3, 0.4) is 0 Å².